The van der Waals surface area contributed by atoms with Crippen molar-refractivity contribution < 1.29 is 26.3 Å². The van der Waals surface area contributed by atoms with E-state index in [0.29, 0.717) is 36.6 Å². The third-order valence-corrected chi connectivity index (χ3v) is 12.3. The van der Waals surface area contributed by atoms with Gasteiger partial charge in [-0.1, -0.05) is 70.1 Å². The van der Waals surface area contributed by atoms with Crippen LogP contribution in [0.5, 0.6) is 0 Å². The summed E-state index contributed by atoms with van der Waals surface area (Å²) in [4.78, 5) is 44.3. The van der Waals surface area contributed by atoms with Crippen LogP contribution >= 0.6 is 58.0 Å². The van der Waals surface area contributed by atoms with Crippen molar-refractivity contribution in [1.82, 2.24) is 59.8 Å². The van der Waals surface area contributed by atoms with Gasteiger partial charge in [-0.05, 0) is 266 Å². The lowest BCUT2D eigenvalue weighted by molar-refractivity contribution is 0.511. The van der Waals surface area contributed by atoms with E-state index in [1.165, 1.54) is 77.9 Å². The number of aromatic nitrogens is 12. The zero-order valence-corrected chi connectivity index (χ0v) is 58.9. The topological polar surface area (TPSA) is 155 Å². The molecule has 0 atom stereocenters. The number of rotatable bonds is 1. The first kappa shape index (κ1) is 82.9. The van der Waals surface area contributed by atoms with Crippen LogP contribution in [-0.2, 0) is 0 Å². The third kappa shape index (κ3) is 41.5. The van der Waals surface area contributed by atoms with Gasteiger partial charge in [0.15, 0.2) is 0 Å². The Bertz CT molecular complexity index is 3590. The number of nitrogens with zero attached hydrogens (tertiary/aromatic N) is 12. The lowest BCUT2D eigenvalue weighted by atomic mass is 10.1. The molecule has 0 aromatic carbocycles. The molecule has 0 saturated carbocycles. The lowest BCUT2D eigenvalue weighted by Gasteiger charge is -2.00. The van der Waals surface area contributed by atoms with E-state index in [9.17, 15) is 26.3 Å². The fourth-order valence-corrected chi connectivity index (χ4v) is 7.95. The van der Waals surface area contributed by atoms with E-state index >= 15 is 0 Å². The van der Waals surface area contributed by atoms with Gasteiger partial charge in [0, 0.05) is 97.0 Å². The summed E-state index contributed by atoms with van der Waals surface area (Å²) in [6.07, 6.45) is 21.2. The van der Waals surface area contributed by atoms with Crippen LogP contribution in [-0.4, -0.2) is 59.8 Å². The summed E-state index contributed by atoms with van der Waals surface area (Å²) in [5.74, 6) is -3.17. The molecule has 0 amide bonds. The molecule has 0 N–H and O–H groups in total. The number of hydrogen-bond acceptors (Lipinski definition) is 12. The largest absolute Gasteiger partial charge is 0.264 e. The Hall–Kier alpha value is -9.17. The standard InChI is InChI=1S/C11H9FN2.2C7H9N.C6H5Cl2N.C6H5ClFN.2C6H6ClN.C6H5F2N.2C6H6FN.C6H7N/c1-8-6-9(4-5-13-8)10-2-3-11(12)14-7-10;1-6-3-7(2)5-8-4-6;1-6-3-4-8-7(2)5-6;1-4-2-5(7)9-6(8)3-4;1-4-2-6(8)9-3-5(4)7;1-5-2-6(7)4-8-3-5;1-5-2-3-8-6(7)4-5;1-4-2-5(7)9-6(8)3-4;1-5-2-6(7)4-8-3-5;1-5-2-3-8-6(7)4-5;1-6-4-2-3-5-7-6/h2-7H,1H3;2*3-5H,1-2H3;2*2-3H,1H3;2*2-4H,1H3;2-3H,1H3;2*2-4H,1H3;2-5H,1H3. The molecule has 12 rings (SSSR count). The highest BCUT2D eigenvalue weighted by Crippen LogP contribution is 2.19. The molecule has 0 aliphatic carbocycles. The van der Waals surface area contributed by atoms with Crippen molar-refractivity contribution in [2.45, 2.75) is 90.0 Å². The minimum atomic E-state index is -0.771. The summed E-state index contributed by atoms with van der Waals surface area (Å²) >= 11 is 27.8. The normalized spacial score (nSPS) is 9.46. The molecule has 96 heavy (non-hydrogen) atoms. The lowest BCUT2D eigenvalue weighted by Crippen LogP contribution is -1.87. The van der Waals surface area contributed by atoms with E-state index in [0.717, 1.165) is 56.0 Å². The van der Waals surface area contributed by atoms with Crippen LogP contribution in [0.2, 0.25) is 25.5 Å². The van der Waals surface area contributed by atoms with Crippen LogP contribution < -0.4 is 0 Å². The third-order valence-electron chi connectivity index (χ3n) is 11.1. The van der Waals surface area contributed by atoms with E-state index in [-0.39, 0.29) is 5.82 Å². The summed E-state index contributed by atoms with van der Waals surface area (Å²) in [5.41, 5.74) is 15.0. The maximum Gasteiger partial charge on any atom is 0.215 e. The fraction of sp³-hybridized carbons (Fsp3) is 0.178. The molecule has 0 radical (unpaired) electrons. The molecule has 0 aliphatic rings. The molecule has 0 aliphatic heterocycles. The zero-order valence-electron chi connectivity index (χ0n) is 55.2. The van der Waals surface area contributed by atoms with Gasteiger partial charge in [0.1, 0.15) is 21.3 Å². The van der Waals surface area contributed by atoms with E-state index in [2.05, 4.69) is 78.9 Å². The molecule has 12 aromatic heterocycles. The molecule has 23 heteroatoms. The predicted octanol–water partition coefficient (Wildman–Crippen LogP) is 21.1. The summed E-state index contributed by atoms with van der Waals surface area (Å²) in [5, 5.41) is 2.64. The van der Waals surface area contributed by atoms with Gasteiger partial charge in [-0.25, -0.2) is 29.3 Å². The summed E-state index contributed by atoms with van der Waals surface area (Å²) in [6.45, 7) is 24.8. The van der Waals surface area contributed by atoms with E-state index in [4.69, 9.17) is 58.0 Å². The number of pyridine rings is 12. The molecule has 0 saturated heterocycles. The Kier molecular flexibility index (Phi) is 40.5. The van der Waals surface area contributed by atoms with Crippen LogP contribution in [0.3, 0.4) is 0 Å². The fourth-order valence-electron chi connectivity index (χ4n) is 6.82. The molecular formula is C73H73Cl5F6N12. The Morgan fingerprint density at radius 1 is 0.271 bits per heavy atom. The molecule has 0 unspecified atom stereocenters. The first-order valence-corrected chi connectivity index (χ1v) is 30.7. The van der Waals surface area contributed by atoms with Crippen molar-refractivity contribution in [2.75, 3.05) is 0 Å². The summed E-state index contributed by atoms with van der Waals surface area (Å²) < 4.78 is 73.1. The van der Waals surface area contributed by atoms with Crippen LogP contribution in [0, 0.1) is 126 Å². The van der Waals surface area contributed by atoms with Gasteiger partial charge in [-0.15, -0.1) is 0 Å². The molecule has 12 aromatic rings. The van der Waals surface area contributed by atoms with Crippen LogP contribution in [0.4, 0.5) is 26.3 Å². The predicted molar refractivity (Wildman–Crippen MR) is 376 cm³/mol. The molecule has 12 nitrogen and oxygen atoms in total. The number of halogens is 11. The van der Waals surface area contributed by atoms with Crippen molar-refractivity contribution in [2.24, 2.45) is 0 Å². The summed E-state index contributed by atoms with van der Waals surface area (Å²) in [6, 6.07) is 36.2. The highest BCUT2D eigenvalue weighted by molar-refractivity contribution is 6.32. The van der Waals surface area contributed by atoms with Gasteiger partial charge in [0.05, 0.1) is 16.2 Å². The monoisotopic (exact) mass is 1410 g/mol. The van der Waals surface area contributed by atoms with Gasteiger partial charge >= 0.3 is 0 Å². The Morgan fingerprint density at radius 2 is 0.740 bits per heavy atom. The van der Waals surface area contributed by atoms with Gasteiger partial charge < -0.3 is 0 Å². The van der Waals surface area contributed by atoms with Crippen molar-refractivity contribution in [3.8, 4) is 11.1 Å². The Morgan fingerprint density at radius 3 is 1.08 bits per heavy atom. The molecule has 0 spiro atoms. The quantitative estimate of drug-likeness (QED) is 0.113. The van der Waals surface area contributed by atoms with Crippen molar-refractivity contribution in [1.29, 1.82) is 0 Å². The highest BCUT2D eigenvalue weighted by Gasteiger charge is 2.00. The second-order valence-corrected chi connectivity index (χ2v) is 22.6. The molecular weight excluding hydrogens is 1340 g/mol. The van der Waals surface area contributed by atoms with Gasteiger partial charge in [-0.3, -0.25) is 29.9 Å². The van der Waals surface area contributed by atoms with E-state index in [1.54, 1.807) is 82.2 Å². The first-order valence-electron chi connectivity index (χ1n) is 28.8. The molecule has 0 bridgehead atoms. The average molecular weight is 1410 g/mol. The van der Waals surface area contributed by atoms with E-state index in [1.807, 2.05) is 136 Å². The van der Waals surface area contributed by atoms with Crippen LogP contribution in [0.1, 0.15) is 72.7 Å². The Labute approximate surface area is 583 Å². The highest BCUT2D eigenvalue weighted by atomic mass is 35.5. The van der Waals surface area contributed by atoms with Crippen molar-refractivity contribution >= 4 is 58.0 Å². The maximum atomic E-state index is 12.6. The maximum absolute atomic E-state index is 12.6. The smallest absolute Gasteiger partial charge is 0.215 e. The minimum Gasteiger partial charge on any atom is -0.264 e. The second kappa shape index (κ2) is 46.8. The van der Waals surface area contributed by atoms with Crippen molar-refractivity contribution in [3.05, 3.63) is 342 Å². The minimum absolute atomic E-state index is 0.273. The first-order chi connectivity index (χ1) is 45.4. The molecule has 0 fully saturated rings. The van der Waals surface area contributed by atoms with Crippen LogP contribution in [0.15, 0.2) is 208 Å². The van der Waals surface area contributed by atoms with Gasteiger partial charge in [-0.2, -0.15) is 26.9 Å². The molecule has 502 valence electrons. The second-order valence-electron chi connectivity index (χ2n) is 20.5. The summed E-state index contributed by atoms with van der Waals surface area (Å²) in [7, 11) is 0. The van der Waals surface area contributed by atoms with Crippen molar-refractivity contribution in [3.63, 3.8) is 0 Å². The van der Waals surface area contributed by atoms with Gasteiger partial charge in [0.2, 0.25) is 29.7 Å². The Balaban J connectivity index is 0.000000361. The van der Waals surface area contributed by atoms with Gasteiger partial charge in [0.25, 0.3) is 0 Å². The number of hydrogen-bond donors (Lipinski definition) is 0. The van der Waals surface area contributed by atoms with Crippen LogP contribution in [0.25, 0.3) is 11.1 Å². The zero-order chi connectivity index (χ0) is 71.5. The average Bonchev–Trinajstić information content (AvgIpc) is 1.23. The number of aryl methyl sites for hydroxylation is 13. The molecule has 12 heterocycles. The SMILES string of the molecule is Cc1cc(-c2ccc(F)nc2)ccn1.Cc1cc(Cl)nc(Cl)c1.Cc1cc(F)nc(F)c1.Cc1cc(F)ncc1Cl.Cc1ccccn1.Cc1ccnc(C)c1.Cc1ccnc(Cl)c1.Cc1ccnc(F)c1.Cc1cncc(C)c1.Cc1cncc(Cl)c1.Cc1cncc(F)c1. The van der Waals surface area contributed by atoms with E-state index < -0.39 is 29.7 Å².